The molecule has 0 aliphatic rings. The highest BCUT2D eigenvalue weighted by atomic mass is 32.2. The van der Waals surface area contributed by atoms with Gasteiger partial charge in [0.05, 0.1) is 23.6 Å². The van der Waals surface area contributed by atoms with Crippen molar-refractivity contribution in [3.63, 3.8) is 0 Å². The van der Waals surface area contributed by atoms with E-state index in [-0.39, 0.29) is 5.56 Å². The summed E-state index contributed by atoms with van der Waals surface area (Å²) in [5.41, 5.74) is 2.40. The number of hydrogen-bond acceptors (Lipinski definition) is 5. The Morgan fingerprint density at radius 2 is 2.04 bits per heavy atom. The maximum Gasteiger partial charge on any atom is 0.335 e. The van der Waals surface area contributed by atoms with Crippen LogP contribution in [0.15, 0.2) is 42.7 Å². The Morgan fingerprint density at radius 3 is 2.72 bits per heavy atom. The van der Waals surface area contributed by atoms with Crippen molar-refractivity contribution in [1.29, 1.82) is 0 Å². The molecule has 0 bridgehead atoms. The van der Waals surface area contributed by atoms with Gasteiger partial charge in [0.15, 0.2) is 5.65 Å². The Labute approximate surface area is 149 Å². The number of aromatic nitrogens is 3. The minimum absolute atomic E-state index is 0.225. The van der Waals surface area contributed by atoms with E-state index in [9.17, 15) is 9.90 Å². The molecule has 3 rings (SSSR count). The predicted octanol–water partition coefficient (Wildman–Crippen LogP) is 3.30. The van der Waals surface area contributed by atoms with E-state index in [0.717, 1.165) is 28.8 Å². The van der Waals surface area contributed by atoms with Crippen LogP contribution in [0.2, 0.25) is 0 Å². The van der Waals surface area contributed by atoms with E-state index in [1.165, 1.54) is 12.1 Å². The molecule has 0 aliphatic carbocycles. The molecule has 7 heteroatoms. The average molecular weight is 357 g/mol. The minimum atomic E-state index is -0.963. The number of pyridine rings is 1. The Hall–Kier alpha value is -2.38. The first kappa shape index (κ1) is 17.4. The fraction of sp³-hybridized carbons (Fsp3) is 0.278. The van der Waals surface area contributed by atoms with Crippen LogP contribution in [0.1, 0.15) is 35.4 Å². The van der Waals surface area contributed by atoms with Crippen LogP contribution in [0.3, 0.4) is 0 Å². The number of nitrogens with zero attached hydrogens (tertiary/aromatic N) is 3. The highest BCUT2D eigenvalue weighted by molar-refractivity contribution is 7.99. The molecule has 0 spiro atoms. The van der Waals surface area contributed by atoms with Crippen molar-refractivity contribution in [2.75, 3.05) is 11.5 Å². The Kier molecular flexibility index (Phi) is 5.35. The highest BCUT2D eigenvalue weighted by Gasteiger charge is 2.12. The van der Waals surface area contributed by atoms with Gasteiger partial charge in [-0.15, -0.1) is 0 Å². The second kappa shape index (κ2) is 7.67. The van der Waals surface area contributed by atoms with Gasteiger partial charge in [-0.25, -0.2) is 14.5 Å². The number of benzene rings is 1. The molecule has 6 nitrogen and oxygen atoms in total. The third kappa shape index (κ3) is 3.83. The van der Waals surface area contributed by atoms with Crippen LogP contribution in [0.4, 0.5) is 0 Å². The Bertz CT molecular complexity index is 877. The smallest absolute Gasteiger partial charge is 0.335 e. The molecule has 0 fully saturated rings. The van der Waals surface area contributed by atoms with Crippen molar-refractivity contribution in [1.82, 2.24) is 14.8 Å². The summed E-state index contributed by atoms with van der Waals surface area (Å²) in [6, 6.07) is 8.36. The molecule has 3 aromatic rings. The molecule has 2 heterocycles. The molecule has 1 unspecified atom stereocenters. The first-order chi connectivity index (χ1) is 12.1. The van der Waals surface area contributed by atoms with Gasteiger partial charge in [-0.05, 0) is 42.5 Å². The van der Waals surface area contributed by atoms with Gasteiger partial charge in [-0.2, -0.15) is 16.9 Å². The van der Waals surface area contributed by atoms with E-state index >= 15 is 0 Å². The maximum atomic E-state index is 10.9. The van der Waals surface area contributed by atoms with E-state index in [1.54, 1.807) is 41.0 Å². The van der Waals surface area contributed by atoms with Crippen LogP contribution in [-0.4, -0.2) is 42.5 Å². The zero-order valence-electron chi connectivity index (χ0n) is 13.8. The van der Waals surface area contributed by atoms with Crippen molar-refractivity contribution < 1.29 is 15.0 Å². The van der Waals surface area contributed by atoms with Gasteiger partial charge in [0.1, 0.15) is 0 Å². The number of carboxylic acid groups (broad SMARTS) is 1. The molecular formula is C18H19N3O3S. The highest BCUT2D eigenvalue weighted by Crippen LogP contribution is 2.23. The third-order valence-electron chi connectivity index (χ3n) is 3.80. The van der Waals surface area contributed by atoms with Gasteiger partial charge in [-0.3, -0.25) is 0 Å². The quantitative estimate of drug-likeness (QED) is 0.631. The number of rotatable bonds is 7. The largest absolute Gasteiger partial charge is 0.478 e. The first-order valence-electron chi connectivity index (χ1n) is 8.03. The van der Waals surface area contributed by atoms with E-state index in [0.29, 0.717) is 11.4 Å². The second-order valence-corrected chi connectivity index (χ2v) is 6.83. The van der Waals surface area contributed by atoms with Crippen LogP contribution >= 0.6 is 11.8 Å². The lowest BCUT2D eigenvalue weighted by Crippen LogP contribution is -2.03. The normalized spacial score (nSPS) is 12.4. The summed E-state index contributed by atoms with van der Waals surface area (Å²) in [5, 5.41) is 24.4. The number of fused-ring (bicyclic) bond motifs is 1. The number of aliphatic hydroxyl groups excluding tert-OH is 1. The molecule has 1 atom stereocenters. The van der Waals surface area contributed by atoms with Crippen LogP contribution in [0, 0.1) is 0 Å². The van der Waals surface area contributed by atoms with Gasteiger partial charge in [0.25, 0.3) is 0 Å². The molecule has 0 saturated heterocycles. The van der Waals surface area contributed by atoms with Crippen molar-refractivity contribution in [3.05, 3.63) is 53.9 Å². The van der Waals surface area contributed by atoms with Crippen molar-refractivity contribution in [2.24, 2.45) is 0 Å². The molecule has 1 aromatic carbocycles. The first-order valence-corrected chi connectivity index (χ1v) is 9.19. The molecular weight excluding hydrogens is 338 g/mol. The number of hydrogen-bond donors (Lipinski definition) is 2. The Balaban J connectivity index is 1.85. The number of aromatic carboxylic acids is 1. The number of carbonyl (C=O) groups is 1. The minimum Gasteiger partial charge on any atom is -0.478 e. The van der Waals surface area contributed by atoms with Gasteiger partial charge in [-0.1, -0.05) is 6.92 Å². The fourth-order valence-corrected chi connectivity index (χ4v) is 3.36. The zero-order chi connectivity index (χ0) is 17.8. The van der Waals surface area contributed by atoms with Gasteiger partial charge < -0.3 is 10.2 Å². The SMILES string of the molecule is CCCSCC(O)c1cnc2c(cnn2-c2ccc(C(=O)O)cc2)c1. The third-order valence-corrected chi connectivity index (χ3v) is 5.05. The lowest BCUT2D eigenvalue weighted by Gasteiger charge is -2.10. The van der Waals surface area contributed by atoms with Crippen LogP contribution in [0.25, 0.3) is 16.7 Å². The van der Waals surface area contributed by atoms with E-state index in [4.69, 9.17) is 5.11 Å². The summed E-state index contributed by atoms with van der Waals surface area (Å²) >= 11 is 1.72. The second-order valence-electron chi connectivity index (χ2n) is 5.68. The van der Waals surface area contributed by atoms with E-state index in [1.807, 2.05) is 6.07 Å². The monoisotopic (exact) mass is 357 g/mol. The van der Waals surface area contributed by atoms with Gasteiger partial charge in [0, 0.05) is 22.9 Å². The summed E-state index contributed by atoms with van der Waals surface area (Å²) in [4.78, 5) is 15.4. The summed E-state index contributed by atoms with van der Waals surface area (Å²) in [5.74, 6) is 0.706. The molecule has 0 aliphatic heterocycles. The van der Waals surface area contributed by atoms with Gasteiger partial charge in [0.2, 0.25) is 0 Å². The molecule has 2 N–H and O–H groups in total. The Morgan fingerprint density at radius 1 is 1.28 bits per heavy atom. The molecule has 25 heavy (non-hydrogen) atoms. The lowest BCUT2D eigenvalue weighted by atomic mass is 10.1. The number of aliphatic hydroxyl groups is 1. The predicted molar refractivity (Wildman–Crippen MR) is 98.4 cm³/mol. The lowest BCUT2D eigenvalue weighted by molar-refractivity contribution is 0.0697. The topological polar surface area (TPSA) is 88.2 Å². The summed E-state index contributed by atoms with van der Waals surface area (Å²) in [6.45, 7) is 2.12. The maximum absolute atomic E-state index is 10.9. The van der Waals surface area contributed by atoms with Gasteiger partial charge >= 0.3 is 5.97 Å². The van der Waals surface area contributed by atoms with Crippen molar-refractivity contribution in [3.8, 4) is 5.69 Å². The van der Waals surface area contributed by atoms with E-state index in [2.05, 4.69) is 17.0 Å². The standard InChI is InChI=1S/C18H19N3O3S/c1-2-7-25-11-16(22)13-8-14-10-20-21(17(14)19-9-13)15-5-3-12(4-6-15)18(23)24/h3-6,8-10,16,22H,2,7,11H2,1H3,(H,23,24). The summed E-state index contributed by atoms with van der Waals surface area (Å²) < 4.78 is 1.66. The van der Waals surface area contributed by atoms with Crippen molar-refractivity contribution in [2.45, 2.75) is 19.4 Å². The molecule has 130 valence electrons. The van der Waals surface area contributed by atoms with E-state index < -0.39 is 12.1 Å². The summed E-state index contributed by atoms with van der Waals surface area (Å²) in [6.07, 6.45) is 3.90. The molecule has 0 radical (unpaired) electrons. The molecule has 2 aromatic heterocycles. The number of thioether (sulfide) groups is 1. The number of carboxylic acids is 1. The molecule has 0 amide bonds. The van der Waals surface area contributed by atoms with Crippen LogP contribution in [0.5, 0.6) is 0 Å². The van der Waals surface area contributed by atoms with Crippen LogP contribution < -0.4 is 0 Å². The van der Waals surface area contributed by atoms with Crippen molar-refractivity contribution >= 4 is 28.8 Å². The fourth-order valence-electron chi connectivity index (χ4n) is 2.49. The van der Waals surface area contributed by atoms with Crippen LogP contribution in [-0.2, 0) is 0 Å². The summed E-state index contributed by atoms with van der Waals surface area (Å²) in [7, 11) is 0. The zero-order valence-corrected chi connectivity index (χ0v) is 14.6. The average Bonchev–Trinajstić information content (AvgIpc) is 3.05. The molecule has 0 saturated carbocycles.